The molecule has 2 amide bonds. The number of thioether (sulfide) groups is 1. The van der Waals surface area contributed by atoms with Crippen LogP contribution in [-0.4, -0.2) is 54.5 Å². The van der Waals surface area contributed by atoms with E-state index in [1.54, 1.807) is 6.07 Å². The molecule has 0 radical (unpaired) electrons. The van der Waals surface area contributed by atoms with Crippen molar-refractivity contribution in [3.63, 3.8) is 0 Å². The highest BCUT2D eigenvalue weighted by atomic mass is 32.2. The Hall–Kier alpha value is -2.21. The van der Waals surface area contributed by atoms with Crippen LogP contribution in [0, 0.1) is 11.3 Å². The summed E-state index contributed by atoms with van der Waals surface area (Å²) < 4.78 is 0. The molecule has 0 bridgehead atoms. The Kier molecular flexibility index (Phi) is 11.3. The van der Waals surface area contributed by atoms with E-state index in [1.807, 2.05) is 6.26 Å². The van der Waals surface area contributed by atoms with Crippen LogP contribution in [0.15, 0.2) is 11.8 Å². The minimum atomic E-state index is -1.13. The number of carboxylic acid groups (broad SMARTS) is 1. The molecule has 0 saturated carbocycles. The molecule has 0 heterocycles. The molecule has 0 fully saturated rings. The summed E-state index contributed by atoms with van der Waals surface area (Å²) in [7, 11) is 0. The van der Waals surface area contributed by atoms with Gasteiger partial charge in [-0.1, -0.05) is 0 Å². The Labute approximate surface area is 133 Å². The lowest BCUT2D eigenvalue weighted by molar-refractivity contribution is -0.141. The molecule has 122 valence electrons. The molecule has 0 aromatic carbocycles. The molecule has 1 atom stereocenters. The third-order valence-electron chi connectivity index (χ3n) is 2.55. The zero-order valence-corrected chi connectivity index (χ0v) is 13.1. The molecular formula is C13H20N4O4S. The third kappa shape index (κ3) is 8.86. The van der Waals surface area contributed by atoms with Crippen molar-refractivity contribution in [1.29, 1.82) is 5.26 Å². The molecule has 8 nitrogen and oxygen atoms in total. The second kappa shape index (κ2) is 12.5. The van der Waals surface area contributed by atoms with Crippen LogP contribution in [0.5, 0.6) is 0 Å². The first kappa shape index (κ1) is 19.8. The number of carbonyl (C=O) groups excluding carboxylic acids is 2. The number of amides is 2. The van der Waals surface area contributed by atoms with Crippen molar-refractivity contribution in [2.24, 2.45) is 0 Å². The van der Waals surface area contributed by atoms with E-state index in [0.29, 0.717) is 31.7 Å². The van der Waals surface area contributed by atoms with E-state index in [2.05, 4.69) is 16.0 Å². The van der Waals surface area contributed by atoms with Gasteiger partial charge in [0.15, 0.2) is 0 Å². The van der Waals surface area contributed by atoms with E-state index in [4.69, 9.17) is 10.4 Å². The Bertz CT molecular complexity index is 448. The van der Waals surface area contributed by atoms with Gasteiger partial charge in [0, 0.05) is 19.3 Å². The van der Waals surface area contributed by atoms with Gasteiger partial charge in [-0.05, 0) is 24.9 Å². The number of hydrogen-bond donors (Lipinski definition) is 4. The SMILES string of the molecule is CSCCC(NC(=O)/C(C#N)=C\NCCCNC=O)C(=O)O. The van der Waals surface area contributed by atoms with E-state index in [9.17, 15) is 14.4 Å². The van der Waals surface area contributed by atoms with Gasteiger partial charge in [-0.15, -0.1) is 0 Å². The summed E-state index contributed by atoms with van der Waals surface area (Å²) in [5, 5.41) is 25.5. The lowest BCUT2D eigenvalue weighted by atomic mass is 10.2. The fraction of sp³-hybridized carbons (Fsp3) is 0.538. The van der Waals surface area contributed by atoms with E-state index >= 15 is 0 Å². The van der Waals surface area contributed by atoms with Crippen molar-refractivity contribution in [2.45, 2.75) is 18.9 Å². The Morgan fingerprint density at radius 2 is 2.05 bits per heavy atom. The van der Waals surface area contributed by atoms with Gasteiger partial charge < -0.3 is 21.1 Å². The lowest BCUT2D eigenvalue weighted by Crippen LogP contribution is -2.41. The van der Waals surface area contributed by atoms with Crippen molar-refractivity contribution in [3.05, 3.63) is 11.8 Å². The van der Waals surface area contributed by atoms with E-state index in [-0.39, 0.29) is 12.0 Å². The van der Waals surface area contributed by atoms with Gasteiger partial charge in [-0.25, -0.2) is 4.79 Å². The van der Waals surface area contributed by atoms with Crippen LogP contribution in [0.25, 0.3) is 0 Å². The lowest BCUT2D eigenvalue weighted by Gasteiger charge is -2.13. The van der Waals surface area contributed by atoms with Crippen molar-refractivity contribution in [3.8, 4) is 6.07 Å². The zero-order valence-electron chi connectivity index (χ0n) is 12.3. The topological polar surface area (TPSA) is 131 Å². The molecule has 9 heteroatoms. The quantitative estimate of drug-likeness (QED) is 0.163. The first-order valence-electron chi connectivity index (χ1n) is 6.60. The van der Waals surface area contributed by atoms with Gasteiger partial charge in [-0.3, -0.25) is 9.59 Å². The average molecular weight is 328 g/mol. The van der Waals surface area contributed by atoms with Crippen LogP contribution in [0.2, 0.25) is 0 Å². The van der Waals surface area contributed by atoms with Crippen molar-refractivity contribution < 1.29 is 19.5 Å². The summed E-state index contributed by atoms with van der Waals surface area (Å²) in [6.45, 7) is 0.947. The molecular weight excluding hydrogens is 308 g/mol. The second-order valence-corrected chi connectivity index (χ2v) is 5.18. The number of aliphatic carboxylic acids is 1. The summed E-state index contributed by atoms with van der Waals surface area (Å²) >= 11 is 1.47. The number of nitrogens with one attached hydrogen (secondary N) is 3. The minimum absolute atomic E-state index is 0.196. The molecule has 0 aliphatic heterocycles. The predicted molar refractivity (Wildman–Crippen MR) is 82.9 cm³/mol. The number of carbonyl (C=O) groups is 3. The number of nitriles is 1. The van der Waals surface area contributed by atoms with Crippen LogP contribution in [0.1, 0.15) is 12.8 Å². The van der Waals surface area contributed by atoms with Gasteiger partial charge in [-0.2, -0.15) is 17.0 Å². The number of hydrogen-bond acceptors (Lipinski definition) is 6. The third-order valence-corrected chi connectivity index (χ3v) is 3.20. The smallest absolute Gasteiger partial charge is 0.326 e. The summed E-state index contributed by atoms with van der Waals surface area (Å²) in [6.07, 6.45) is 4.58. The highest BCUT2D eigenvalue weighted by Gasteiger charge is 2.21. The van der Waals surface area contributed by atoms with E-state index < -0.39 is 17.9 Å². The van der Waals surface area contributed by atoms with Gasteiger partial charge >= 0.3 is 5.97 Å². The summed E-state index contributed by atoms with van der Waals surface area (Å²) in [4.78, 5) is 32.9. The van der Waals surface area contributed by atoms with Gasteiger partial charge in [0.2, 0.25) is 6.41 Å². The molecule has 0 rings (SSSR count). The van der Waals surface area contributed by atoms with E-state index in [0.717, 1.165) is 0 Å². The predicted octanol–water partition coefficient (Wildman–Crippen LogP) is -0.558. The molecule has 22 heavy (non-hydrogen) atoms. The molecule has 4 N–H and O–H groups in total. The van der Waals surface area contributed by atoms with E-state index in [1.165, 1.54) is 18.0 Å². The van der Waals surface area contributed by atoms with Crippen molar-refractivity contribution in [2.75, 3.05) is 25.1 Å². The fourth-order valence-electron chi connectivity index (χ4n) is 1.40. The van der Waals surface area contributed by atoms with Crippen LogP contribution in [-0.2, 0) is 14.4 Å². The maximum absolute atomic E-state index is 11.8. The Morgan fingerprint density at radius 3 is 2.59 bits per heavy atom. The maximum Gasteiger partial charge on any atom is 0.326 e. The monoisotopic (exact) mass is 328 g/mol. The Balaban J connectivity index is 4.40. The normalized spacial score (nSPS) is 11.9. The molecule has 0 aliphatic rings. The van der Waals surface area contributed by atoms with Crippen LogP contribution in [0.4, 0.5) is 0 Å². The molecule has 0 saturated heterocycles. The first-order valence-corrected chi connectivity index (χ1v) is 7.99. The molecule has 0 aliphatic carbocycles. The number of carboxylic acids is 1. The molecule has 0 aromatic rings. The fourth-order valence-corrected chi connectivity index (χ4v) is 1.87. The summed E-state index contributed by atoms with van der Waals surface area (Å²) in [5.74, 6) is -1.27. The standard InChI is InChI=1S/C13H20N4O4S/c1-22-6-3-11(13(20)21)17-12(19)10(7-14)8-15-4-2-5-16-9-18/h8-9,11,15H,2-6H2,1H3,(H,16,18)(H,17,19)(H,20,21)/b10-8-. The minimum Gasteiger partial charge on any atom is -0.480 e. The zero-order chi connectivity index (χ0) is 16.8. The number of rotatable bonds is 12. The highest BCUT2D eigenvalue weighted by molar-refractivity contribution is 7.98. The second-order valence-electron chi connectivity index (χ2n) is 4.20. The molecule has 1 unspecified atom stereocenters. The average Bonchev–Trinajstić information content (AvgIpc) is 2.50. The molecule has 0 spiro atoms. The highest BCUT2D eigenvalue weighted by Crippen LogP contribution is 2.02. The van der Waals surface area contributed by atoms with Crippen LogP contribution in [0.3, 0.4) is 0 Å². The first-order chi connectivity index (χ1) is 10.6. The van der Waals surface area contributed by atoms with Crippen molar-refractivity contribution in [1.82, 2.24) is 16.0 Å². The largest absolute Gasteiger partial charge is 0.480 e. The Morgan fingerprint density at radius 1 is 1.36 bits per heavy atom. The summed E-state index contributed by atoms with van der Waals surface area (Å²) in [6, 6.07) is 0.701. The van der Waals surface area contributed by atoms with Crippen LogP contribution >= 0.6 is 11.8 Å². The van der Waals surface area contributed by atoms with Gasteiger partial charge in [0.1, 0.15) is 17.7 Å². The summed E-state index contributed by atoms with van der Waals surface area (Å²) in [5.41, 5.74) is -0.196. The van der Waals surface area contributed by atoms with Gasteiger partial charge in [0.05, 0.1) is 0 Å². The van der Waals surface area contributed by atoms with Gasteiger partial charge in [0.25, 0.3) is 5.91 Å². The van der Waals surface area contributed by atoms with Crippen LogP contribution < -0.4 is 16.0 Å². The van der Waals surface area contributed by atoms with Crippen molar-refractivity contribution >= 4 is 30.0 Å². The number of nitrogens with zero attached hydrogens (tertiary/aromatic N) is 1. The molecule has 0 aromatic heterocycles. The maximum atomic E-state index is 11.8.